The van der Waals surface area contributed by atoms with Gasteiger partial charge in [0.05, 0.1) is 21.8 Å². The van der Waals surface area contributed by atoms with Crippen LogP contribution in [0.4, 0.5) is 0 Å². The average Bonchev–Trinajstić information content (AvgIpc) is 2.60. The zero-order chi connectivity index (χ0) is 21.9. The summed E-state index contributed by atoms with van der Waals surface area (Å²) in [5.41, 5.74) is 1.15. The van der Waals surface area contributed by atoms with E-state index in [9.17, 15) is 4.57 Å². The van der Waals surface area contributed by atoms with Crippen molar-refractivity contribution in [2.75, 3.05) is 14.1 Å². The number of rotatable bonds is 5. The summed E-state index contributed by atoms with van der Waals surface area (Å²) in [4.78, 5) is 18.3. The average molecular weight is 418 g/mol. The summed E-state index contributed by atoms with van der Waals surface area (Å²) in [7, 11) is -5.78. The lowest BCUT2D eigenvalue weighted by atomic mass is 9.52. The van der Waals surface area contributed by atoms with Crippen LogP contribution in [0.15, 0.2) is 23.8 Å². The van der Waals surface area contributed by atoms with Gasteiger partial charge in [-0.1, -0.05) is 11.6 Å². The van der Waals surface area contributed by atoms with Crippen LogP contribution in [0.2, 0.25) is 5.02 Å². The second kappa shape index (κ2) is 6.78. The molecule has 27 heavy (non-hydrogen) atoms. The maximum atomic E-state index is 11.3. The molecule has 5 rings (SSSR count). The second-order valence-corrected chi connectivity index (χ2v) is 9.42. The van der Waals surface area contributed by atoms with Gasteiger partial charge in [0.2, 0.25) is 0 Å². The first kappa shape index (κ1) is 15.8. The maximum Gasteiger partial charge on any atom is 0.524 e. The number of methoxy groups -OCH3 is 2. The SMILES string of the molecule is [2H]C([2H])([2H])OC(=C1C2CC3CC1CC(OC)(C3)C2)c1ccc(Cl)c(OP(=O)(O)O)c1. The molecule has 2 atom stereocenters. The lowest BCUT2D eigenvalue weighted by molar-refractivity contribution is -0.125. The van der Waals surface area contributed by atoms with Crippen molar-refractivity contribution >= 4 is 25.2 Å². The van der Waals surface area contributed by atoms with Gasteiger partial charge >= 0.3 is 7.82 Å². The van der Waals surface area contributed by atoms with Gasteiger partial charge in [-0.15, -0.1) is 0 Å². The molecule has 2 N–H and O–H groups in total. The quantitative estimate of drug-likeness (QED) is 0.545. The molecule has 8 heteroatoms. The number of benzene rings is 1. The highest BCUT2D eigenvalue weighted by Gasteiger charge is 2.54. The molecule has 2 unspecified atom stereocenters. The van der Waals surface area contributed by atoms with E-state index in [4.69, 9.17) is 35.0 Å². The van der Waals surface area contributed by atoms with Crippen molar-refractivity contribution in [3.05, 3.63) is 34.4 Å². The Hall–Kier alpha value is -1.04. The predicted octanol–water partition coefficient (Wildman–Crippen LogP) is 4.39. The molecule has 6 nitrogen and oxygen atoms in total. The van der Waals surface area contributed by atoms with Gasteiger partial charge in [0.15, 0.2) is 5.75 Å². The van der Waals surface area contributed by atoms with Crippen molar-refractivity contribution in [2.45, 2.75) is 37.7 Å². The molecule has 4 saturated carbocycles. The molecule has 1 aromatic carbocycles. The van der Waals surface area contributed by atoms with Crippen molar-refractivity contribution < 1.29 is 32.5 Å². The second-order valence-electron chi connectivity index (χ2n) is 7.84. The summed E-state index contributed by atoms with van der Waals surface area (Å²) in [5, 5.41) is 0.00345. The highest BCUT2D eigenvalue weighted by molar-refractivity contribution is 7.46. The van der Waals surface area contributed by atoms with E-state index in [0.29, 0.717) is 11.5 Å². The normalized spacial score (nSPS) is 34.0. The Morgan fingerprint density at radius 3 is 2.59 bits per heavy atom. The number of phosphoric acid groups is 1. The molecule has 0 heterocycles. The van der Waals surface area contributed by atoms with Crippen LogP contribution < -0.4 is 4.52 Å². The van der Waals surface area contributed by atoms with Gasteiger partial charge in [0, 0.05) is 12.7 Å². The summed E-state index contributed by atoms with van der Waals surface area (Å²) < 4.78 is 50.4. The summed E-state index contributed by atoms with van der Waals surface area (Å²) in [6, 6.07) is 4.32. The third-order valence-electron chi connectivity index (χ3n) is 6.22. The Kier molecular flexibility index (Phi) is 3.98. The minimum atomic E-state index is -4.84. The molecule has 148 valence electrons. The fraction of sp³-hybridized carbons (Fsp3) is 0.579. The van der Waals surface area contributed by atoms with Crippen LogP contribution in [-0.2, 0) is 14.0 Å². The van der Waals surface area contributed by atoms with Crippen LogP contribution in [0.1, 0.15) is 41.8 Å². The zero-order valence-electron chi connectivity index (χ0n) is 17.9. The predicted molar refractivity (Wildman–Crippen MR) is 101 cm³/mol. The van der Waals surface area contributed by atoms with Gasteiger partial charge in [-0.05, 0) is 73.6 Å². The molecule has 4 fully saturated rings. The van der Waals surface area contributed by atoms with Crippen molar-refractivity contribution in [1.82, 2.24) is 0 Å². The molecule has 4 bridgehead atoms. The van der Waals surface area contributed by atoms with Crippen LogP contribution in [0.25, 0.3) is 5.76 Å². The molecule has 0 amide bonds. The molecule has 0 aliphatic heterocycles. The molecular weight excluding hydrogens is 391 g/mol. The molecular formula is C19H24ClO6P. The number of halogens is 1. The third kappa shape index (κ3) is 3.54. The van der Waals surface area contributed by atoms with Crippen LogP contribution in [0.3, 0.4) is 0 Å². The van der Waals surface area contributed by atoms with E-state index in [1.54, 1.807) is 13.2 Å². The van der Waals surface area contributed by atoms with E-state index >= 15 is 0 Å². The number of phosphoric ester groups is 1. The summed E-state index contributed by atoms with van der Waals surface area (Å²) in [5.74, 6) is 0.805. The lowest BCUT2D eigenvalue weighted by Gasteiger charge is -2.57. The van der Waals surface area contributed by atoms with Crippen LogP contribution in [-0.4, -0.2) is 29.5 Å². The Labute approximate surface area is 167 Å². The van der Waals surface area contributed by atoms with Crippen molar-refractivity contribution in [2.24, 2.45) is 17.8 Å². The standard InChI is InChI=1S/C19H24ClO6P/c1-24-18(12-3-4-15(20)16(7-12)26-27(21,22)23)17-13-5-11-6-14(17)10-19(8-11,9-13)25-2/h3-4,7,11,13-14H,5-6,8-10H2,1-2H3,(H2,21,22,23)/i1D3. The maximum absolute atomic E-state index is 11.3. The summed E-state index contributed by atoms with van der Waals surface area (Å²) in [6.45, 7) is 0. The fourth-order valence-electron chi connectivity index (χ4n) is 5.46. The van der Waals surface area contributed by atoms with Gasteiger partial charge in [-0.3, -0.25) is 9.79 Å². The highest BCUT2D eigenvalue weighted by Crippen LogP contribution is 2.60. The first-order valence-electron chi connectivity index (χ1n) is 10.4. The minimum Gasteiger partial charge on any atom is -0.496 e. The zero-order valence-corrected chi connectivity index (χ0v) is 16.5. The highest BCUT2D eigenvalue weighted by atomic mass is 35.5. The van der Waals surface area contributed by atoms with Gasteiger partial charge in [-0.2, -0.15) is 0 Å². The monoisotopic (exact) mass is 417 g/mol. The van der Waals surface area contributed by atoms with Gasteiger partial charge in [0.25, 0.3) is 0 Å². The Bertz CT molecular complexity index is 909. The van der Waals surface area contributed by atoms with Gasteiger partial charge < -0.3 is 14.0 Å². The molecule has 4 aliphatic carbocycles. The molecule has 0 aromatic heterocycles. The molecule has 0 saturated heterocycles. The first-order valence-corrected chi connectivity index (χ1v) is 10.8. The smallest absolute Gasteiger partial charge is 0.496 e. The third-order valence-corrected chi connectivity index (χ3v) is 6.97. The summed E-state index contributed by atoms with van der Waals surface area (Å²) in [6.07, 6.45) is 4.53. The van der Waals surface area contributed by atoms with Crippen molar-refractivity contribution in [3.63, 3.8) is 0 Å². The number of hydrogen-bond donors (Lipinski definition) is 2. The van der Waals surface area contributed by atoms with Gasteiger partial charge in [0.1, 0.15) is 5.76 Å². The first-order chi connectivity index (χ1) is 13.9. The lowest BCUT2D eigenvalue weighted by Crippen LogP contribution is -2.52. The number of ether oxygens (including phenoxy) is 2. The molecule has 0 spiro atoms. The van der Waals surface area contributed by atoms with Crippen LogP contribution in [0.5, 0.6) is 5.75 Å². The molecule has 1 aromatic rings. The topological polar surface area (TPSA) is 85.2 Å². The largest absolute Gasteiger partial charge is 0.524 e. The summed E-state index contributed by atoms with van der Waals surface area (Å²) >= 11 is 6.03. The number of hydrogen-bond acceptors (Lipinski definition) is 4. The van der Waals surface area contributed by atoms with Crippen molar-refractivity contribution in [3.8, 4) is 5.75 Å². The molecule has 4 aliphatic rings. The minimum absolute atomic E-state index is 0.00345. The van der Waals surface area contributed by atoms with E-state index < -0.39 is 14.9 Å². The van der Waals surface area contributed by atoms with Crippen LogP contribution in [0, 0.1) is 17.8 Å². The number of allylic oxidation sites excluding steroid dienone is 1. The molecule has 0 radical (unpaired) electrons. The Morgan fingerprint density at radius 1 is 1.30 bits per heavy atom. The van der Waals surface area contributed by atoms with Crippen LogP contribution >= 0.6 is 19.4 Å². The van der Waals surface area contributed by atoms with Crippen molar-refractivity contribution in [1.29, 1.82) is 0 Å². The van der Waals surface area contributed by atoms with E-state index in [0.717, 1.165) is 37.7 Å². The Morgan fingerprint density at radius 2 is 2.00 bits per heavy atom. The Balaban J connectivity index is 1.81. The van der Waals surface area contributed by atoms with E-state index in [1.807, 2.05) is 0 Å². The fourth-order valence-corrected chi connectivity index (χ4v) is 6.08. The van der Waals surface area contributed by atoms with Gasteiger partial charge in [-0.25, -0.2) is 4.57 Å². The van der Waals surface area contributed by atoms with E-state index in [1.165, 1.54) is 12.1 Å². The van der Waals surface area contributed by atoms with E-state index in [2.05, 4.69) is 4.52 Å². The van der Waals surface area contributed by atoms with E-state index in [-0.39, 0.29) is 34.0 Å².